The number of rotatable bonds is 5. The molecule has 0 spiro atoms. The van der Waals surface area contributed by atoms with Gasteiger partial charge in [0.15, 0.2) is 0 Å². The molecule has 2 saturated carbocycles. The molecule has 3 nitrogen and oxygen atoms in total. The van der Waals surface area contributed by atoms with Crippen LogP contribution < -0.4 is 5.73 Å². The van der Waals surface area contributed by atoms with E-state index in [1.54, 1.807) is 0 Å². The second-order valence-corrected chi connectivity index (χ2v) is 7.19. The Hall–Kier alpha value is -0.120. The van der Waals surface area contributed by atoms with Gasteiger partial charge in [-0.15, -0.1) is 0 Å². The Morgan fingerprint density at radius 3 is 2.22 bits per heavy atom. The molecule has 0 aromatic rings. The molecule has 3 aliphatic heterocycles. The minimum absolute atomic E-state index is 0.347. The first kappa shape index (κ1) is 11.7. The fourth-order valence-corrected chi connectivity index (χ4v) is 4.48. The summed E-state index contributed by atoms with van der Waals surface area (Å²) in [7, 11) is 0. The van der Waals surface area contributed by atoms with Crippen LogP contribution in [0.4, 0.5) is 0 Å². The van der Waals surface area contributed by atoms with Crippen molar-refractivity contribution >= 4 is 0 Å². The van der Waals surface area contributed by atoms with Gasteiger partial charge in [0.25, 0.3) is 0 Å². The van der Waals surface area contributed by atoms with E-state index in [9.17, 15) is 0 Å². The fraction of sp³-hybridized carbons (Fsp3) is 1.00. The predicted molar refractivity (Wildman–Crippen MR) is 73.4 cm³/mol. The van der Waals surface area contributed by atoms with Gasteiger partial charge in [0.05, 0.1) is 0 Å². The van der Waals surface area contributed by atoms with E-state index in [4.69, 9.17) is 5.73 Å². The minimum Gasteiger partial charge on any atom is -0.329 e. The van der Waals surface area contributed by atoms with E-state index in [0.29, 0.717) is 5.54 Å². The van der Waals surface area contributed by atoms with Crippen LogP contribution >= 0.6 is 0 Å². The minimum atomic E-state index is 0.347. The molecule has 0 amide bonds. The molecule has 2 bridgehead atoms. The summed E-state index contributed by atoms with van der Waals surface area (Å²) in [4.78, 5) is 5.57. The Morgan fingerprint density at radius 1 is 1.06 bits per heavy atom. The average molecular weight is 249 g/mol. The van der Waals surface area contributed by atoms with Gasteiger partial charge in [-0.25, -0.2) is 0 Å². The van der Waals surface area contributed by atoms with Gasteiger partial charge >= 0.3 is 0 Å². The Labute approximate surface area is 111 Å². The van der Waals surface area contributed by atoms with Crippen LogP contribution in [0.3, 0.4) is 0 Å². The molecule has 18 heavy (non-hydrogen) atoms. The normalized spacial score (nSPS) is 43.7. The highest BCUT2D eigenvalue weighted by Crippen LogP contribution is 2.46. The van der Waals surface area contributed by atoms with Crippen molar-refractivity contribution in [2.45, 2.75) is 50.1 Å². The van der Waals surface area contributed by atoms with E-state index in [1.165, 1.54) is 64.7 Å². The average Bonchev–Trinajstić information content (AvgIpc) is 3.29. The summed E-state index contributed by atoms with van der Waals surface area (Å²) < 4.78 is 0. The highest BCUT2D eigenvalue weighted by molar-refractivity contribution is 5.10. The van der Waals surface area contributed by atoms with Crippen LogP contribution in [-0.4, -0.2) is 54.1 Å². The summed E-state index contributed by atoms with van der Waals surface area (Å²) in [5.41, 5.74) is 6.67. The second-order valence-electron chi connectivity index (χ2n) is 7.19. The van der Waals surface area contributed by atoms with E-state index in [1.807, 2.05) is 0 Å². The fourth-order valence-electron chi connectivity index (χ4n) is 4.48. The molecule has 3 saturated heterocycles. The molecular weight excluding hydrogens is 222 g/mol. The zero-order valence-corrected chi connectivity index (χ0v) is 11.5. The van der Waals surface area contributed by atoms with Crippen molar-refractivity contribution in [3.8, 4) is 0 Å². The molecule has 5 rings (SSSR count). The highest BCUT2D eigenvalue weighted by Gasteiger charge is 2.53. The summed E-state index contributed by atoms with van der Waals surface area (Å²) in [6.45, 7) is 6.16. The summed E-state index contributed by atoms with van der Waals surface area (Å²) in [5.74, 6) is 1.89. The third-order valence-electron chi connectivity index (χ3n) is 5.91. The molecule has 2 N–H and O–H groups in total. The molecule has 5 aliphatic rings. The smallest absolute Gasteiger partial charge is 0.0490 e. The lowest BCUT2D eigenvalue weighted by Gasteiger charge is -2.58. The van der Waals surface area contributed by atoms with E-state index >= 15 is 0 Å². The van der Waals surface area contributed by atoms with Gasteiger partial charge < -0.3 is 10.6 Å². The van der Waals surface area contributed by atoms with Crippen LogP contribution in [0.2, 0.25) is 0 Å². The lowest BCUT2D eigenvalue weighted by Crippen LogP contribution is -2.70. The van der Waals surface area contributed by atoms with Crippen LogP contribution in [-0.2, 0) is 0 Å². The van der Waals surface area contributed by atoms with Gasteiger partial charge in [-0.2, -0.15) is 0 Å². The van der Waals surface area contributed by atoms with Crippen LogP contribution in [0, 0.1) is 11.8 Å². The van der Waals surface area contributed by atoms with Crippen molar-refractivity contribution < 1.29 is 0 Å². The summed E-state index contributed by atoms with van der Waals surface area (Å²) in [6.07, 6.45) is 8.59. The molecule has 0 aromatic carbocycles. The molecule has 0 radical (unpaired) electrons. The number of hydrogen-bond donors (Lipinski definition) is 1. The van der Waals surface area contributed by atoms with Gasteiger partial charge in [-0.1, -0.05) is 0 Å². The first-order valence-corrected chi connectivity index (χ1v) is 8.01. The van der Waals surface area contributed by atoms with E-state index < -0.39 is 0 Å². The van der Waals surface area contributed by atoms with Crippen LogP contribution in [0.15, 0.2) is 0 Å². The summed E-state index contributed by atoms with van der Waals surface area (Å²) in [5, 5.41) is 0. The number of nitrogens with two attached hydrogens (primary N) is 1. The highest BCUT2D eigenvalue weighted by atomic mass is 15.3. The summed E-state index contributed by atoms with van der Waals surface area (Å²) in [6, 6.07) is 0.884. The first-order valence-electron chi connectivity index (χ1n) is 8.01. The zero-order chi connectivity index (χ0) is 12.2. The van der Waals surface area contributed by atoms with Gasteiger partial charge in [0.2, 0.25) is 0 Å². The van der Waals surface area contributed by atoms with Crippen molar-refractivity contribution in [1.82, 2.24) is 9.80 Å². The molecule has 2 aliphatic carbocycles. The van der Waals surface area contributed by atoms with Gasteiger partial charge in [0, 0.05) is 31.2 Å². The SMILES string of the molecule is NCC1(N(CC2CC2)C2CC2)CN2CCC1CC2. The van der Waals surface area contributed by atoms with Gasteiger partial charge in [-0.3, -0.25) is 4.90 Å². The third kappa shape index (κ3) is 1.83. The van der Waals surface area contributed by atoms with Crippen LogP contribution in [0.1, 0.15) is 38.5 Å². The number of fused-ring (bicyclic) bond motifs is 3. The second kappa shape index (κ2) is 4.19. The lowest BCUT2D eigenvalue weighted by molar-refractivity contribution is -0.0732. The Balaban J connectivity index is 1.60. The Morgan fingerprint density at radius 2 is 1.78 bits per heavy atom. The molecule has 3 heterocycles. The Kier molecular flexibility index (Phi) is 2.72. The monoisotopic (exact) mass is 249 g/mol. The molecule has 1 atom stereocenters. The molecule has 3 heteroatoms. The largest absolute Gasteiger partial charge is 0.329 e. The number of nitrogens with zero attached hydrogens (tertiary/aromatic N) is 2. The van der Waals surface area contributed by atoms with Crippen molar-refractivity contribution in [3.05, 3.63) is 0 Å². The third-order valence-corrected chi connectivity index (χ3v) is 5.91. The van der Waals surface area contributed by atoms with Crippen molar-refractivity contribution in [1.29, 1.82) is 0 Å². The van der Waals surface area contributed by atoms with Crippen LogP contribution in [0.25, 0.3) is 0 Å². The maximum atomic E-state index is 6.32. The molecule has 1 unspecified atom stereocenters. The zero-order valence-electron chi connectivity index (χ0n) is 11.5. The number of hydrogen-bond acceptors (Lipinski definition) is 3. The molecule has 0 aromatic heterocycles. The molecule has 5 fully saturated rings. The van der Waals surface area contributed by atoms with Crippen molar-refractivity contribution in [3.63, 3.8) is 0 Å². The van der Waals surface area contributed by atoms with Crippen molar-refractivity contribution in [2.75, 3.05) is 32.7 Å². The molecular formula is C15H27N3. The van der Waals surface area contributed by atoms with Gasteiger partial charge in [-0.05, 0) is 63.5 Å². The van der Waals surface area contributed by atoms with E-state index in [-0.39, 0.29) is 0 Å². The van der Waals surface area contributed by atoms with E-state index in [0.717, 1.165) is 24.4 Å². The quantitative estimate of drug-likeness (QED) is 0.797. The Bertz CT molecular complexity index is 316. The summed E-state index contributed by atoms with van der Waals surface area (Å²) >= 11 is 0. The maximum absolute atomic E-state index is 6.32. The number of piperidine rings is 3. The topological polar surface area (TPSA) is 32.5 Å². The predicted octanol–water partition coefficient (Wildman–Crippen LogP) is 1.28. The van der Waals surface area contributed by atoms with E-state index in [2.05, 4.69) is 9.80 Å². The lowest BCUT2D eigenvalue weighted by atomic mass is 9.71. The maximum Gasteiger partial charge on any atom is 0.0490 e. The standard InChI is InChI=1S/C15H27N3/c16-10-15(11-17-7-5-13(15)6-8-17)18(14-3-4-14)9-12-1-2-12/h12-14H,1-11,16H2. The molecule has 102 valence electrons. The first-order chi connectivity index (χ1) is 8.82. The van der Waals surface area contributed by atoms with Crippen LogP contribution in [0.5, 0.6) is 0 Å². The van der Waals surface area contributed by atoms with Gasteiger partial charge in [0.1, 0.15) is 0 Å². The van der Waals surface area contributed by atoms with Crippen molar-refractivity contribution in [2.24, 2.45) is 17.6 Å².